The topological polar surface area (TPSA) is 91.6 Å². The molecule has 0 spiro atoms. The molecule has 2 amide bonds. The maximum absolute atomic E-state index is 13.6. The lowest BCUT2D eigenvalue weighted by molar-refractivity contribution is -0.138. The van der Waals surface area contributed by atoms with Crippen LogP contribution in [-0.4, -0.2) is 47.9 Å². The van der Waals surface area contributed by atoms with Crippen LogP contribution in [0.1, 0.15) is 36.7 Å². The third-order valence-electron chi connectivity index (χ3n) is 5.51. The van der Waals surface area contributed by atoms with Crippen molar-refractivity contribution in [3.63, 3.8) is 0 Å². The second kappa shape index (κ2) is 11.1. The van der Waals surface area contributed by atoms with Gasteiger partial charge in [-0.3, -0.25) is 15.0 Å². The summed E-state index contributed by atoms with van der Waals surface area (Å²) in [4.78, 5) is 30.8. The number of piperazine rings is 1. The first-order valence-corrected chi connectivity index (χ1v) is 10.3. The SMILES string of the molecule is C.CC(=O)N1CCN(c2ccc(C(F)(F)F)c(CCc3ccc(CC(=O)NN)cc3)n2)CC1. The zero-order chi connectivity index (χ0) is 23.3. The van der Waals surface area contributed by atoms with E-state index in [-0.39, 0.29) is 37.8 Å². The Hall–Kier alpha value is -3.14. The van der Waals surface area contributed by atoms with Gasteiger partial charge < -0.3 is 9.80 Å². The molecule has 0 bridgehead atoms. The molecule has 2 aromatic rings. The third-order valence-corrected chi connectivity index (χ3v) is 5.51. The molecule has 7 nitrogen and oxygen atoms in total. The van der Waals surface area contributed by atoms with E-state index in [0.29, 0.717) is 38.4 Å². The number of hydrogen-bond donors (Lipinski definition) is 2. The number of alkyl halides is 3. The number of nitrogens with zero attached hydrogens (tertiary/aromatic N) is 3. The minimum atomic E-state index is -4.49. The Morgan fingerprint density at radius 1 is 1.00 bits per heavy atom. The molecule has 3 rings (SSSR count). The number of rotatable bonds is 6. The molecule has 1 aliphatic heterocycles. The molecule has 33 heavy (non-hydrogen) atoms. The largest absolute Gasteiger partial charge is 0.418 e. The van der Waals surface area contributed by atoms with E-state index in [1.807, 2.05) is 4.90 Å². The van der Waals surface area contributed by atoms with Gasteiger partial charge in [0.25, 0.3) is 0 Å². The van der Waals surface area contributed by atoms with E-state index >= 15 is 0 Å². The summed E-state index contributed by atoms with van der Waals surface area (Å²) in [5.74, 6) is 5.23. The molecule has 2 heterocycles. The van der Waals surface area contributed by atoms with Crippen LogP contribution in [0.5, 0.6) is 0 Å². The highest BCUT2D eigenvalue weighted by Gasteiger charge is 2.34. The molecule has 0 unspecified atom stereocenters. The molecule has 0 atom stereocenters. The van der Waals surface area contributed by atoms with Gasteiger partial charge in [-0.15, -0.1) is 0 Å². The fourth-order valence-corrected chi connectivity index (χ4v) is 3.69. The molecule has 1 aromatic carbocycles. The summed E-state index contributed by atoms with van der Waals surface area (Å²) < 4.78 is 40.7. The Balaban J connectivity index is 0.00000385. The van der Waals surface area contributed by atoms with Gasteiger partial charge in [-0.25, -0.2) is 10.8 Å². The van der Waals surface area contributed by atoms with Crippen molar-refractivity contribution in [3.8, 4) is 0 Å². The smallest absolute Gasteiger partial charge is 0.353 e. The van der Waals surface area contributed by atoms with E-state index in [9.17, 15) is 22.8 Å². The molecule has 10 heteroatoms. The van der Waals surface area contributed by atoms with Crippen molar-refractivity contribution in [2.45, 2.75) is 39.8 Å². The van der Waals surface area contributed by atoms with Crippen LogP contribution in [0.15, 0.2) is 36.4 Å². The van der Waals surface area contributed by atoms with Gasteiger partial charge in [0.2, 0.25) is 11.8 Å². The van der Waals surface area contributed by atoms with E-state index in [1.165, 1.54) is 13.0 Å². The van der Waals surface area contributed by atoms with Gasteiger partial charge in [-0.1, -0.05) is 31.7 Å². The first kappa shape index (κ1) is 26.1. The monoisotopic (exact) mass is 465 g/mol. The zero-order valence-corrected chi connectivity index (χ0v) is 17.8. The molecule has 0 aliphatic carbocycles. The van der Waals surface area contributed by atoms with E-state index in [2.05, 4.69) is 10.4 Å². The molecule has 1 fully saturated rings. The van der Waals surface area contributed by atoms with Gasteiger partial charge in [-0.2, -0.15) is 13.2 Å². The number of carbonyl (C=O) groups is 2. The highest BCUT2D eigenvalue weighted by Crippen LogP contribution is 2.33. The number of anilines is 1. The van der Waals surface area contributed by atoms with Gasteiger partial charge >= 0.3 is 6.18 Å². The normalized spacial score (nSPS) is 14.0. The first-order valence-electron chi connectivity index (χ1n) is 10.3. The highest BCUT2D eigenvalue weighted by atomic mass is 19.4. The van der Waals surface area contributed by atoms with Crippen LogP contribution in [-0.2, 0) is 35.0 Å². The fourth-order valence-electron chi connectivity index (χ4n) is 3.69. The maximum atomic E-state index is 13.6. The fraction of sp³-hybridized carbons (Fsp3) is 0.435. The Labute approximate surface area is 191 Å². The van der Waals surface area contributed by atoms with Gasteiger partial charge in [0.05, 0.1) is 17.7 Å². The number of nitrogens with one attached hydrogen (secondary N) is 1. The second-order valence-corrected chi connectivity index (χ2v) is 7.72. The average molecular weight is 466 g/mol. The lowest BCUT2D eigenvalue weighted by atomic mass is 10.0. The number of carbonyl (C=O) groups excluding carboxylic acids is 2. The Kier molecular flexibility index (Phi) is 8.81. The third kappa shape index (κ3) is 6.92. The first-order chi connectivity index (χ1) is 15.2. The molecule has 3 N–H and O–H groups in total. The quantitative estimate of drug-likeness (QED) is 0.389. The number of nitrogens with two attached hydrogens (primary N) is 1. The van der Waals surface area contributed by atoms with Crippen LogP contribution in [0.2, 0.25) is 0 Å². The minimum absolute atomic E-state index is 0. The number of halogens is 3. The van der Waals surface area contributed by atoms with Gasteiger partial charge in [-0.05, 0) is 36.1 Å². The van der Waals surface area contributed by atoms with E-state index < -0.39 is 11.7 Å². The van der Waals surface area contributed by atoms with Crippen molar-refractivity contribution in [1.82, 2.24) is 15.3 Å². The van der Waals surface area contributed by atoms with Crippen molar-refractivity contribution < 1.29 is 22.8 Å². The van der Waals surface area contributed by atoms with Gasteiger partial charge in [0, 0.05) is 33.1 Å². The van der Waals surface area contributed by atoms with Crippen LogP contribution >= 0.6 is 0 Å². The summed E-state index contributed by atoms with van der Waals surface area (Å²) in [5.41, 5.74) is 2.92. The van der Waals surface area contributed by atoms with Crippen LogP contribution in [0.25, 0.3) is 0 Å². The molecule has 0 saturated carbocycles. The van der Waals surface area contributed by atoms with E-state index in [4.69, 9.17) is 5.84 Å². The van der Waals surface area contributed by atoms with Crippen molar-refractivity contribution in [2.24, 2.45) is 5.84 Å². The number of pyridine rings is 1. The van der Waals surface area contributed by atoms with Crippen molar-refractivity contribution in [3.05, 3.63) is 58.8 Å². The van der Waals surface area contributed by atoms with E-state index in [0.717, 1.165) is 17.2 Å². The molecular formula is C23H30F3N5O2. The van der Waals surface area contributed by atoms with Crippen LogP contribution in [0, 0.1) is 0 Å². The minimum Gasteiger partial charge on any atom is -0.353 e. The summed E-state index contributed by atoms with van der Waals surface area (Å²) >= 11 is 0. The summed E-state index contributed by atoms with van der Waals surface area (Å²) in [6, 6.07) is 9.58. The van der Waals surface area contributed by atoms with Crippen LogP contribution < -0.4 is 16.2 Å². The lowest BCUT2D eigenvalue weighted by Gasteiger charge is -2.35. The number of aromatic nitrogens is 1. The van der Waals surface area contributed by atoms with Crippen LogP contribution in [0.3, 0.4) is 0 Å². The maximum Gasteiger partial charge on any atom is 0.418 e. The van der Waals surface area contributed by atoms with Crippen molar-refractivity contribution in [2.75, 3.05) is 31.1 Å². The Morgan fingerprint density at radius 3 is 2.15 bits per heavy atom. The predicted molar refractivity (Wildman–Crippen MR) is 120 cm³/mol. The second-order valence-electron chi connectivity index (χ2n) is 7.72. The van der Waals surface area contributed by atoms with E-state index in [1.54, 1.807) is 29.2 Å². The number of hydrogen-bond acceptors (Lipinski definition) is 5. The summed E-state index contributed by atoms with van der Waals surface area (Å²) in [6.07, 6.45) is -3.86. The summed E-state index contributed by atoms with van der Waals surface area (Å²) in [6.45, 7) is 3.58. The number of hydrazine groups is 1. The number of aryl methyl sites for hydroxylation is 2. The van der Waals surface area contributed by atoms with Gasteiger partial charge in [0.1, 0.15) is 5.82 Å². The summed E-state index contributed by atoms with van der Waals surface area (Å²) in [5, 5.41) is 0. The average Bonchev–Trinajstić information content (AvgIpc) is 2.77. The van der Waals surface area contributed by atoms with Crippen LogP contribution in [0.4, 0.5) is 19.0 Å². The molecule has 180 valence electrons. The Morgan fingerprint density at radius 2 is 1.61 bits per heavy atom. The van der Waals surface area contributed by atoms with Crippen molar-refractivity contribution in [1.29, 1.82) is 0 Å². The zero-order valence-electron chi connectivity index (χ0n) is 17.8. The molecule has 0 radical (unpaired) electrons. The predicted octanol–water partition coefficient (Wildman–Crippen LogP) is 2.72. The molecular weight excluding hydrogens is 435 g/mol. The molecule has 1 aromatic heterocycles. The number of benzene rings is 1. The van der Waals surface area contributed by atoms with Crippen molar-refractivity contribution >= 4 is 17.6 Å². The molecule has 1 aliphatic rings. The standard InChI is InChI=1S/C22H26F3N5O2.CH4/c1-15(31)29-10-12-30(13-11-29)20-9-7-18(22(23,24)25)19(27-20)8-6-16-2-4-17(5-3-16)14-21(32)28-26;/h2-5,7,9H,6,8,10-14,26H2,1H3,(H,28,32);1H4. The Bertz CT molecular complexity index is 956. The lowest BCUT2D eigenvalue weighted by Crippen LogP contribution is -2.48. The number of amides is 2. The van der Waals surface area contributed by atoms with Gasteiger partial charge in [0.15, 0.2) is 0 Å². The summed E-state index contributed by atoms with van der Waals surface area (Å²) in [7, 11) is 0. The molecule has 1 saturated heterocycles. The highest BCUT2D eigenvalue weighted by molar-refractivity contribution is 5.77.